The molecule has 31 heavy (non-hydrogen) atoms. The summed E-state index contributed by atoms with van der Waals surface area (Å²) in [6.07, 6.45) is 8.19. The van der Waals surface area contributed by atoms with Crippen LogP contribution in [0.2, 0.25) is 10.0 Å². The lowest BCUT2D eigenvalue weighted by atomic mass is 9.80. The Hall–Kier alpha value is -1.66. The summed E-state index contributed by atoms with van der Waals surface area (Å²) in [5, 5.41) is 10.3. The number of hydrogen-bond donors (Lipinski definition) is 3. The highest BCUT2D eigenvalue weighted by Gasteiger charge is 2.58. The van der Waals surface area contributed by atoms with Crippen LogP contribution in [-0.2, 0) is 0 Å². The van der Waals surface area contributed by atoms with Crippen molar-refractivity contribution in [2.45, 2.75) is 50.5 Å². The Labute approximate surface area is 193 Å². The Morgan fingerprint density at radius 2 is 1.90 bits per heavy atom. The van der Waals surface area contributed by atoms with Gasteiger partial charge in [0, 0.05) is 30.2 Å². The van der Waals surface area contributed by atoms with E-state index < -0.39 is 0 Å². The van der Waals surface area contributed by atoms with Crippen molar-refractivity contribution in [1.82, 2.24) is 15.5 Å². The molecule has 1 aromatic carbocycles. The lowest BCUT2D eigenvalue weighted by Gasteiger charge is -2.35. The average Bonchev–Trinajstić information content (AvgIpc) is 3.11. The number of piperidine rings is 1. The van der Waals surface area contributed by atoms with Crippen LogP contribution < -0.4 is 16.0 Å². The second-order valence-corrected chi connectivity index (χ2v) is 10.9. The maximum absolute atomic E-state index is 12.7. The topological polar surface area (TPSA) is 73.5 Å². The van der Waals surface area contributed by atoms with Gasteiger partial charge in [0.25, 0.3) is 0 Å². The van der Waals surface area contributed by atoms with E-state index in [9.17, 15) is 9.59 Å². The van der Waals surface area contributed by atoms with Crippen LogP contribution in [0, 0.1) is 23.7 Å². The van der Waals surface area contributed by atoms with Gasteiger partial charge in [-0.2, -0.15) is 0 Å². The van der Waals surface area contributed by atoms with E-state index in [0.29, 0.717) is 41.3 Å². The molecule has 1 saturated heterocycles. The predicted octanol–water partition coefficient (Wildman–Crippen LogP) is 5.12. The molecule has 4 amide bonds. The molecule has 8 heteroatoms. The maximum Gasteiger partial charge on any atom is 0.321 e. The van der Waals surface area contributed by atoms with Crippen molar-refractivity contribution < 1.29 is 9.59 Å². The molecule has 1 heterocycles. The van der Waals surface area contributed by atoms with E-state index >= 15 is 0 Å². The van der Waals surface area contributed by atoms with Crippen LogP contribution in [0.3, 0.4) is 0 Å². The van der Waals surface area contributed by atoms with Crippen molar-refractivity contribution in [3.63, 3.8) is 0 Å². The fraction of sp³-hybridized carbons (Fsp3) is 0.652. The van der Waals surface area contributed by atoms with Gasteiger partial charge in [0.1, 0.15) is 0 Å². The summed E-state index contributed by atoms with van der Waals surface area (Å²) in [5.41, 5.74) is 0.601. The monoisotopic (exact) mass is 464 g/mol. The summed E-state index contributed by atoms with van der Waals surface area (Å²) < 4.78 is 0. The zero-order valence-electron chi connectivity index (χ0n) is 17.6. The first-order chi connectivity index (χ1) is 14.9. The van der Waals surface area contributed by atoms with Gasteiger partial charge in [-0.05, 0) is 86.8 Å². The molecule has 0 aromatic heterocycles. The van der Waals surface area contributed by atoms with Crippen LogP contribution in [-0.4, -0.2) is 42.1 Å². The number of amides is 4. The number of likely N-dealkylation sites (tertiary alicyclic amines) is 1. The highest BCUT2D eigenvalue weighted by Crippen LogP contribution is 2.60. The van der Waals surface area contributed by atoms with Crippen molar-refractivity contribution in [3.05, 3.63) is 28.2 Å². The Morgan fingerprint density at radius 3 is 2.65 bits per heavy atom. The van der Waals surface area contributed by atoms with Crippen LogP contribution in [0.1, 0.15) is 44.9 Å². The number of carbonyl (C=O) groups excluding carboxylic acids is 2. The van der Waals surface area contributed by atoms with Crippen LogP contribution in [0.15, 0.2) is 18.2 Å². The fourth-order valence-electron chi connectivity index (χ4n) is 6.71. The summed E-state index contributed by atoms with van der Waals surface area (Å²) in [7, 11) is 0. The van der Waals surface area contributed by atoms with Gasteiger partial charge in [0.05, 0.1) is 10.7 Å². The SMILES string of the molecule is O=C(NCC1CCCN(C(=O)Nc2ccc(Cl)cc2Cl)C1)NC12CC3CC(CC1C3)C2. The molecule has 4 bridgehead atoms. The summed E-state index contributed by atoms with van der Waals surface area (Å²) >= 11 is 12.1. The lowest BCUT2D eigenvalue weighted by molar-refractivity contribution is 0.174. The van der Waals surface area contributed by atoms with Crippen LogP contribution in [0.5, 0.6) is 0 Å². The van der Waals surface area contributed by atoms with E-state index in [1.165, 1.54) is 19.3 Å². The Kier molecular flexibility index (Phi) is 5.72. The van der Waals surface area contributed by atoms with Crippen LogP contribution in [0.25, 0.3) is 0 Å². The van der Waals surface area contributed by atoms with E-state index in [1.54, 1.807) is 23.1 Å². The summed E-state index contributed by atoms with van der Waals surface area (Å²) in [5.74, 6) is 2.56. The van der Waals surface area contributed by atoms with Gasteiger partial charge >= 0.3 is 12.1 Å². The number of nitrogens with zero attached hydrogens (tertiary/aromatic N) is 1. The van der Waals surface area contributed by atoms with Crippen molar-refractivity contribution in [2.75, 3.05) is 25.0 Å². The Bertz CT molecular complexity index is 865. The molecule has 6 nitrogen and oxygen atoms in total. The molecular formula is C23H30Cl2N4O2. The normalized spacial score (nSPS) is 33.4. The number of carbonyl (C=O) groups is 2. The molecule has 6 rings (SSSR count). The number of hydrogen-bond acceptors (Lipinski definition) is 2. The Balaban J connectivity index is 1.11. The second kappa shape index (κ2) is 8.36. The average molecular weight is 465 g/mol. The molecule has 5 fully saturated rings. The Morgan fingerprint density at radius 1 is 1.13 bits per heavy atom. The van der Waals surface area contributed by atoms with E-state index in [2.05, 4.69) is 16.0 Å². The first-order valence-electron chi connectivity index (χ1n) is 11.5. The molecule has 4 aliphatic carbocycles. The molecular weight excluding hydrogens is 435 g/mol. The van der Waals surface area contributed by atoms with Gasteiger partial charge in [-0.1, -0.05) is 23.2 Å². The number of urea groups is 2. The smallest absolute Gasteiger partial charge is 0.321 e. The second-order valence-electron chi connectivity index (χ2n) is 10.0. The predicted molar refractivity (Wildman–Crippen MR) is 123 cm³/mol. The van der Waals surface area contributed by atoms with Gasteiger partial charge in [-0.25, -0.2) is 9.59 Å². The number of halogens is 2. The van der Waals surface area contributed by atoms with Crippen molar-refractivity contribution >= 4 is 41.0 Å². The molecule has 3 N–H and O–H groups in total. The minimum atomic E-state index is -0.170. The first kappa shape index (κ1) is 21.2. The molecule has 4 saturated carbocycles. The number of rotatable bonds is 4. The fourth-order valence-corrected chi connectivity index (χ4v) is 7.16. The molecule has 1 aromatic rings. The van der Waals surface area contributed by atoms with Crippen molar-refractivity contribution in [2.24, 2.45) is 23.7 Å². The minimum Gasteiger partial charge on any atom is -0.338 e. The minimum absolute atomic E-state index is 0.0391. The third kappa shape index (κ3) is 4.34. The summed E-state index contributed by atoms with van der Waals surface area (Å²) in [6, 6.07) is 4.81. The summed E-state index contributed by atoms with van der Waals surface area (Å²) in [6.45, 7) is 1.91. The highest BCUT2D eigenvalue weighted by molar-refractivity contribution is 6.36. The molecule has 1 aliphatic heterocycles. The largest absolute Gasteiger partial charge is 0.338 e. The zero-order chi connectivity index (χ0) is 21.6. The number of benzene rings is 1. The van der Waals surface area contributed by atoms with Gasteiger partial charge in [0.15, 0.2) is 0 Å². The van der Waals surface area contributed by atoms with Crippen LogP contribution in [0.4, 0.5) is 15.3 Å². The summed E-state index contributed by atoms with van der Waals surface area (Å²) in [4.78, 5) is 27.2. The van der Waals surface area contributed by atoms with E-state index in [0.717, 1.165) is 37.5 Å². The lowest BCUT2D eigenvalue weighted by Crippen LogP contribution is -2.54. The number of nitrogens with one attached hydrogen (secondary N) is 3. The van der Waals surface area contributed by atoms with E-state index in [-0.39, 0.29) is 23.5 Å². The highest BCUT2D eigenvalue weighted by atomic mass is 35.5. The number of anilines is 1. The third-order valence-corrected chi connectivity index (χ3v) is 8.43. The van der Waals surface area contributed by atoms with Crippen molar-refractivity contribution in [3.8, 4) is 0 Å². The molecule has 0 spiro atoms. The maximum atomic E-state index is 12.7. The molecule has 5 aliphatic rings. The van der Waals surface area contributed by atoms with Gasteiger partial charge in [0.2, 0.25) is 0 Å². The van der Waals surface area contributed by atoms with Crippen molar-refractivity contribution in [1.29, 1.82) is 0 Å². The van der Waals surface area contributed by atoms with Gasteiger partial charge in [-0.3, -0.25) is 0 Å². The van der Waals surface area contributed by atoms with Gasteiger partial charge < -0.3 is 20.9 Å². The molecule has 3 atom stereocenters. The van der Waals surface area contributed by atoms with Crippen LogP contribution >= 0.6 is 23.2 Å². The zero-order valence-corrected chi connectivity index (χ0v) is 19.1. The molecule has 0 radical (unpaired) electrons. The molecule has 3 unspecified atom stereocenters. The standard InChI is InChI=1S/C23H30Cl2N4O2/c24-18-3-4-20(19(25)9-18)27-22(31)29-5-1-2-14(13-29)12-26-21(30)28-23-10-15-6-16(11-23)8-17(23)7-15/h3-4,9,14-17H,1-2,5-8,10-13H2,(H,27,31)(H2,26,28,30). The third-order valence-electron chi connectivity index (χ3n) is 7.88. The van der Waals surface area contributed by atoms with E-state index in [1.807, 2.05) is 0 Å². The quantitative estimate of drug-likeness (QED) is 0.578. The first-order valence-corrected chi connectivity index (χ1v) is 12.2. The van der Waals surface area contributed by atoms with Gasteiger partial charge in [-0.15, -0.1) is 0 Å². The molecule has 168 valence electrons. The van der Waals surface area contributed by atoms with E-state index in [4.69, 9.17) is 23.2 Å².